The predicted molar refractivity (Wildman–Crippen MR) is 109 cm³/mol. The van der Waals surface area contributed by atoms with Gasteiger partial charge in [-0.1, -0.05) is 23.8 Å². The molecule has 0 atom stereocenters. The van der Waals surface area contributed by atoms with E-state index in [2.05, 4.69) is 15.3 Å². The van der Waals surface area contributed by atoms with Crippen LogP contribution in [0.4, 0.5) is 13.2 Å². The smallest absolute Gasteiger partial charge is 0.329 e. The van der Waals surface area contributed by atoms with Gasteiger partial charge in [0.25, 0.3) is 5.91 Å². The summed E-state index contributed by atoms with van der Waals surface area (Å²) in [6.45, 7) is 1.89. The van der Waals surface area contributed by atoms with Gasteiger partial charge in [-0.15, -0.1) is 0 Å². The SMILES string of the molecule is CN=CC1=CCN(C(=O)c2nc3c(C(F)(F)F)cc(C4=CCNCC4)cn3c2Cl)C1. The summed E-state index contributed by atoms with van der Waals surface area (Å²) in [5.41, 5.74) is 0.573. The number of carbonyl (C=O) groups is 1. The summed E-state index contributed by atoms with van der Waals surface area (Å²) < 4.78 is 42.6. The number of nitrogens with zero attached hydrogens (tertiary/aromatic N) is 4. The van der Waals surface area contributed by atoms with Crippen LogP contribution in [0, 0.1) is 0 Å². The second-order valence-electron chi connectivity index (χ2n) is 7.12. The van der Waals surface area contributed by atoms with Crippen molar-refractivity contribution in [2.24, 2.45) is 4.99 Å². The first kappa shape index (κ1) is 20.6. The molecule has 4 heterocycles. The van der Waals surface area contributed by atoms with Crippen LogP contribution in [-0.4, -0.2) is 59.6 Å². The van der Waals surface area contributed by atoms with E-state index in [-0.39, 0.29) is 16.5 Å². The Morgan fingerprint density at radius 1 is 1.37 bits per heavy atom. The molecular weight excluding hydrogens is 419 g/mol. The van der Waals surface area contributed by atoms with Gasteiger partial charge in [0.1, 0.15) is 5.15 Å². The third kappa shape index (κ3) is 3.75. The second-order valence-corrected chi connectivity index (χ2v) is 7.48. The molecule has 2 aliphatic heterocycles. The molecule has 1 amide bonds. The minimum atomic E-state index is -4.64. The molecule has 4 rings (SSSR count). The van der Waals surface area contributed by atoms with E-state index >= 15 is 0 Å². The van der Waals surface area contributed by atoms with Gasteiger partial charge in [-0.3, -0.25) is 14.2 Å². The number of aromatic nitrogens is 2. The second kappa shape index (κ2) is 7.88. The summed E-state index contributed by atoms with van der Waals surface area (Å²) in [7, 11) is 1.62. The number of imidazole rings is 1. The van der Waals surface area contributed by atoms with Crippen molar-refractivity contribution in [3.63, 3.8) is 0 Å². The molecule has 0 aliphatic carbocycles. The summed E-state index contributed by atoms with van der Waals surface area (Å²) in [5.74, 6) is -0.518. The van der Waals surface area contributed by atoms with Crippen molar-refractivity contribution in [1.29, 1.82) is 0 Å². The minimum Gasteiger partial charge on any atom is -0.329 e. The highest BCUT2D eigenvalue weighted by Crippen LogP contribution is 2.37. The standard InChI is InChI=1S/C20H19ClF3N5O/c1-25-9-12-4-7-28(10-12)19(30)16-17(21)29-11-14(13-2-5-26-6-3-13)8-15(18(29)27-16)20(22,23)24/h2,4,8-9,11,26H,3,5-7,10H2,1H3. The van der Waals surface area contributed by atoms with Crippen LogP contribution >= 0.6 is 11.6 Å². The van der Waals surface area contributed by atoms with Crippen molar-refractivity contribution in [3.8, 4) is 0 Å². The molecule has 0 saturated heterocycles. The molecule has 158 valence electrons. The molecule has 10 heteroatoms. The topological polar surface area (TPSA) is 62.0 Å². The van der Waals surface area contributed by atoms with Crippen LogP contribution in [0.15, 0.2) is 35.0 Å². The molecule has 2 aromatic rings. The number of amides is 1. The molecule has 2 aromatic heterocycles. The molecule has 0 radical (unpaired) electrons. The van der Waals surface area contributed by atoms with Crippen LogP contribution in [-0.2, 0) is 6.18 Å². The van der Waals surface area contributed by atoms with E-state index in [0.717, 1.165) is 21.6 Å². The summed E-state index contributed by atoms with van der Waals surface area (Å²) in [4.78, 5) is 22.3. The number of alkyl halides is 3. The van der Waals surface area contributed by atoms with E-state index in [9.17, 15) is 18.0 Å². The van der Waals surface area contributed by atoms with Gasteiger partial charge < -0.3 is 10.2 Å². The number of hydrogen-bond acceptors (Lipinski definition) is 4. The van der Waals surface area contributed by atoms with Crippen LogP contribution in [0.25, 0.3) is 11.2 Å². The molecule has 1 N–H and O–H groups in total. The lowest BCUT2D eigenvalue weighted by Crippen LogP contribution is -2.29. The molecule has 0 spiro atoms. The average Bonchev–Trinajstić information content (AvgIpc) is 3.32. The van der Waals surface area contributed by atoms with E-state index in [1.54, 1.807) is 13.3 Å². The number of hydrogen-bond donors (Lipinski definition) is 1. The van der Waals surface area contributed by atoms with E-state index < -0.39 is 17.6 Å². The summed E-state index contributed by atoms with van der Waals surface area (Å²) in [5, 5.41) is 3.00. The quantitative estimate of drug-likeness (QED) is 0.748. The third-order valence-electron chi connectivity index (χ3n) is 5.13. The highest BCUT2D eigenvalue weighted by atomic mass is 35.5. The van der Waals surface area contributed by atoms with Gasteiger partial charge in [0.2, 0.25) is 0 Å². The third-order valence-corrected chi connectivity index (χ3v) is 5.49. The molecule has 30 heavy (non-hydrogen) atoms. The molecule has 2 aliphatic rings. The van der Waals surface area contributed by atoms with Gasteiger partial charge in [0.05, 0.1) is 5.56 Å². The Morgan fingerprint density at radius 2 is 2.17 bits per heavy atom. The fourth-order valence-electron chi connectivity index (χ4n) is 3.66. The fraction of sp³-hybridized carbons (Fsp3) is 0.350. The number of pyridine rings is 1. The Kier molecular flexibility index (Phi) is 5.42. The van der Waals surface area contributed by atoms with Crippen molar-refractivity contribution in [1.82, 2.24) is 19.6 Å². The van der Waals surface area contributed by atoms with Crippen LogP contribution in [0.5, 0.6) is 0 Å². The summed E-state index contributed by atoms with van der Waals surface area (Å²) >= 11 is 6.37. The van der Waals surface area contributed by atoms with Crippen LogP contribution in [0.2, 0.25) is 5.15 Å². The van der Waals surface area contributed by atoms with Crippen molar-refractivity contribution >= 4 is 34.9 Å². The minimum absolute atomic E-state index is 0.130. The molecule has 0 unspecified atom stereocenters. The van der Waals surface area contributed by atoms with Gasteiger partial charge in [-0.25, -0.2) is 4.98 Å². The average molecular weight is 438 g/mol. The van der Waals surface area contributed by atoms with E-state index in [4.69, 9.17) is 11.6 Å². The van der Waals surface area contributed by atoms with Gasteiger partial charge in [0.15, 0.2) is 11.3 Å². The van der Waals surface area contributed by atoms with E-state index in [1.165, 1.54) is 11.1 Å². The first-order chi connectivity index (χ1) is 14.3. The Morgan fingerprint density at radius 3 is 2.83 bits per heavy atom. The zero-order chi connectivity index (χ0) is 21.5. The van der Waals surface area contributed by atoms with Crippen molar-refractivity contribution in [2.75, 3.05) is 33.2 Å². The lowest BCUT2D eigenvalue weighted by atomic mass is 10.0. The Hall–Kier alpha value is -2.65. The number of rotatable bonds is 3. The first-order valence-electron chi connectivity index (χ1n) is 9.39. The van der Waals surface area contributed by atoms with E-state index in [1.807, 2.05) is 12.2 Å². The van der Waals surface area contributed by atoms with E-state index in [0.29, 0.717) is 38.2 Å². The van der Waals surface area contributed by atoms with Gasteiger partial charge in [-0.05, 0) is 35.7 Å². The molecule has 0 fully saturated rings. The molecule has 0 saturated carbocycles. The van der Waals surface area contributed by atoms with Gasteiger partial charge >= 0.3 is 6.18 Å². The normalized spacial score (nSPS) is 17.7. The lowest BCUT2D eigenvalue weighted by Gasteiger charge is -2.17. The Labute approximate surface area is 175 Å². The zero-order valence-electron chi connectivity index (χ0n) is 16.1. The zero-order valence-corrected chi connectivity index (χ0v) is 16.9. The fourth-order valence-corrected chi connectivity index (χ4v) is 3.91. The molecular formula is C20H19ClF3N5O. The van der Waals surface area contributed by atoms with Gasteiger partial charge in [0, 0.05) is 39.1 Å². The van der Waals surface area contributed by atoms with Gasteiger partial charge in [-0.2, -0.15) is 13.2 Å². The molecule has 0 aromatic carbocycles. The maximum Gasteiger partial charge on any atom is 0.420 e. The highest BCUT2D eigenvalue weighted by Gasteiger charge is 2.37. The molecule has 0 bridgehead atoms. The Bertz CT molecular complexity index is 1100. The predicted octanol–water partition coefficient (Wildman–Crippen LogP) is 3.47. The van der Waals surface area contributed by atoms with Crippen molar-refractivity contribution < 1.29 is 18.0 Å². The van der Waals surface area contributed by atoms with Crippen LogP contribution in [0.1, 0.15) is 28.0 Å². The number of aliphatic imine (C=N–C) groups is 1. The maximum atomic E-state index is 13.8. The van der Waals surface area contributed by atoms with Crippen molar-refractivity contribution in [2.45, 2.75) is 12.6 Å². The number of nitrogens with one attached hydrogen (secondary N) is 1. The van der Waals surface area contributed by atoms with Crippen LogP contribution < -0.4 is 5.32 Å². The van der Waals surface area contributed by atoms with Crippen LogP contribution in [0.3, 0.4) is 0 Å². The number of halogens is 4. The first-order valence-corrected chi connectivity index (χ1v) is 9.76. The maximum absolute atomic E-state index is 13.8. The summed E-state index contributed by atoms with van der Waals surface area (Å²) in [6.07, 6.45) is 2.80. The monoisotopic (exact) mass is 437 g/mol. The highest BCUT2D eigenvalue weighted by molar-refractivity contribution is 6.33. The number of fused-ring (bicyclic) bond motifs is 1. The Balaban J connectivity index is 1.79. The lowest BCUT2D eigenvalue weighted by molar-refractivity contribution is -0.136. The summed E-state index contributed by atoms with van der Waals surface area (Å²) in [6, 6.07) is 1.08. The number of carbonyl (C=O) groups excluding carboxylic acids is 1. The largest absolute Gasteiger partial charge is 0.420 e. The van der Waals surface area contributed by atoms with Crippen molar-refractivity contribution in [3.05, 3.63) is 52.0 Å². The molecule has 6 nitrogen and oxygen atoms in total.